The van der Waals surface area contributed by atoms with Gasteiger partial charge in [-0.2, -0.15) is 0 Å². The van der Waals surface area contributed by atoms with Crippen molar-refractivity contribution in [1.29, 1.82) is 0 Å². The molecule has 0 aromatic carbocycles. The highest BCUT2D eigenvalue weighted by Crippen LogP contribution is 2.32. The summed E-state index contributed by atoms with van der Waals surface area (Å²) in [5.74, 6) is -0.638. The van der Waals surface area contributed by atoms with E-state index in [0.717, 1.165) is 25.9 Å². The molecule has 1 N–H and O–H groups in total. The summed E-state index contributed by atoms with van der Waals surface area (Å²) in [7, 11) is 0. The molecule has 100 valence electrons. The summed E-state index contributed by atoms with van der Waals surface area (Å²) >= 11 is 0. The molecule has 1 atom stereocenters. The average molecular weight is 241 g/mol. The van der Waals surface area contributed by atoms with E-state index in [4.69, 9.17) is 0 Å². The molecule has 17 heavy (non-hydrogen) atoms. The summed E-state index contributed by atoms with van der Waals surface area (Å²) in [5.41, 5.74) is -0.564. The number of hydrogen-bond donors (Lipinski definition) is 1. The molecule has 0 radical (unpaired) electrons. The van der Waals surface area contributed by atoms with Gasteiger partial charge < -0.3 is 5.11 Å². The Balaban J connectivity index is 2.58. The quantitative estimate of drug-likeness (QED) is 0.674. The van der Waals surface area contributed by atoms with E-state index in [2.05, 4.69) is 18.7 Å². The molecule has 1 aliphatic rings. The zero-order valence-electron chi connectivity index (χ0n) is 11.5. The van der Waals surface area contributed by atoms with Crippen molar-refractivity contribution in [3.05, 3.63) is 0 Å². The van der Waals surface area contributed by atoms with Crippen LogP contribution >= 0.6 is 0 Å². The molecule has 0 aliphatic heterocycles. The molecule has 1 rings (SSSR count). The average Bonchev–Trinajstić information content (AvgIpc) is 3.08. The van der Waals surface area contributed by atoms with Crippen LogP contribution in [0.1, 0.15) is 59.3 Å². The number of hydrogen-bond acceptors (Lipinski definition) is 2. The summed E-state index contributed by atoms with van der Waals surface area (Å²) in [6.07, 6.45) is 6.59. The van der Waals surface area contributed by atoms with Crippen molar-refractivity contribution in [1.82, 2.24) is 4.90 Å². The number of carboxylic acid groups (broad SMARTS) is 1. The van der Waals surface area contributed by atoms with E-state index in [1.54, 1.807) is 0 Å². The Morgan fingerprint density at radius 1 is 1.35 bits per heavy atom. The Kier molecular flexibility index (Phi) is 5.44. The van der Waals surface area contributed by atoms with Crippen molar-refractivity contribution in [2.24, 2.45) is 5.41 Å². The third kappa shape index (κ3) is 4.30. The smallest absolute Gasteiger partial charge is 0.310 e. The van der Waals surface area contributed by atoms with E-state index in [0.29, 0.717) is 6.04 Å². The van der Waals surface area contributed by atoms with E-state index < -0.39 is 11.4 Å². The normalized spacial score (nSPS) is 19.3. The highest BCUT2D eigenvalue weighted by Gasteiger charge is 2.38. The second-order valence-corrected chi connectivity index (χ2v) is 5.67. The van der Waals surface area contributed by atoms with Crippen molar-refractivity contribution >= 4 is 5.97 Å². The first kappa shape index (κ1) is 14.5. The Hall–Kier alpha value is -0.570. The molecule has 0 bridgehead atoms. The second kappa shape index (κ2) is 6.39. The van der Waals surface area contributed by atoms with E-state index in [1.165, 1.54) is 25.7 Å². The van der Waals surface area contributed by atoms with Crippen LogP contribution in [-0.4, -0.2) is 35.1 Å². The fourth-order valence-electron chi connectivity index (χ4n) is 2.45. The highest BCUT2D eigenvalue weighted by atomic mass is 16.4. The molecule has 0 aromatic heterocycles. The minimum absolute atomic E-state index is 0.564. The SMILES string of the molecule is CCCCN(CC(C)(CCC)C(=O)O)C1CC1. The predicted molar refractivity (Wildman–Crippen MR) is 70.2 cm³/mol. The lowest BCUT2D eigenvalue weighted by Gasteiger charge is -2.32. The van der Waals surface area contributed by atoms with Gasteiger partial charge in [-0.25, -0.2) is 0 Å². The van der Waals surface area contributed by atoms with Gasteiger partial charge in [-0.15, -0.1) is 0 Å². The van der Waals surface area contributed by atoms with Crippen LogP contribution in [0, 0.1) is 5.41 Å². The lowest BCUT2D eigenvalue weighted by molar-refractivity contribution is -0.149. The molecule has 1 fully saturated rings. The summed E-state index contributed by atoms with van der Waals surface area (Å²) < 4.78 is 0. The Bertz CT molecular complexity index is 251. The zero-order valence-corrected chi connectivity index (χ0v) is 11.5. The highest BCUT2D eigenvalue weighted by molar-refractivity contribution is 5.74. The molecule has 0 heterocycles. The maximum absolute atomic E-state index is 11.4. The lowest BCUT2D eigenvalue weighted by Crippen LogP contribution is -2.42. The molecule has 0 saturated heterocycles. The molecule has 3 nitrogen and oxygen atoms in total. The fraction of sp³-hybridized carbons (Fsp3) is 0.929. The largest absolute Gasteiger partial charge is 0.481 e. The van der Waals surface area contributed by atoms with Crippen LogP contribution in [0.3, 0.4) is 0 Å². The van der Waals surface area contributed by atoms with Crippen LogP contribution in [-0.2, 0) is 4.79 Å². The standard InChI is InChI=1S/C14H27NO2/c1-4-6-10-15(12-7-8-12)11-14(3,9-5-2)13(16)17/h12H,4-11H2,1-3H3,(H,16,17). The van der Waals surface area contributed by atoms with Gasteiger partial charge in [0, 0.05) is 12.6 Å². The second-order valence-electron chi connectivity index (χ2n) is 5.67. The van der Waals surface area contributed by atoms with Crippen molar-refractivity contribution in [3.8, 4) is 0 Å². The van der Waals surface area contributed by atoms with Gasteiger partial charge in [0.2, 0.25) is 0 Å². The third-order valence-electron chi connectivity index (χ3n) is 3.73. The first-order chi connectivity index (χ1) is 8.03. The van der Waals surface area contributed by atoms with E-state index in [1.807, 2.05) is 6.92 Å². The number of aliphatic carboxylic acids is 1. The number of rotatable bonds is 9. The van der Waals surface area contributed by atoms with E-state index in [-0.39, 0.29) is 0 Å². The molecule has 0 amide bonds. The molecule has 0 aromatic rings. The molecule has 1 unspecified atom stereocenters. The van der Waals surface area contributed by atoms with Gasteiger partial charge in [0.25, 0.3) is 0 Å². The summed E-state index contributed by atoms with van der Waals surface area (Å²) in [5, 5.41) is 9.41. The third-order valence-corrected chi connectivity index (χ3v) is 3.73. The number of nitrogens with zero attached hydrogens (tertiary/aromatic N) is 1. The first-order valence-electron chi connectivity index (χ1n) is 7.01. The molecule has 1 saturated carbocycles. The molecule has 1 aliphatic carbocycles. The fourth-order valence-corrected chi connectivity index (χ4v) is 2.45. The maximum atomic E-state index is 11.4. The van der Waals surface area contributed by atoms with Gasteiger partial charge in [-0.1, -0.05) is 26.7 Å². The Morgan fingerprint density at radius 3 is 2.41 bits per heavy atom. The summed E-state index contributed by atoms with van der Waals surface area (Å²) in [6, 6.07) is 0.664. The minimum atomic E-state index is -0.638. The van der Waals surface area contributed by atoms with Gasteiger partial charge in [0.1, 0.15) is 0 Å². The van der Waals surface area contributed by atoms with Gasteiger partial charge in [0.05, 0.1) is 5.41 Å². The van der Waals surface area contributed by atoms with Crippen LogP contribution in [0.15, 0.2) is 0 Å². The molecule has 3 heteroatoms. The number of unbranched alkanes of at least 4 members (excludes halogenated alkanes) is 1. The van der Waals surface area contributed by atoms with Crippen molar-refractivity contribution in [3.63, 3.8) is 0 Å². The summed E-state index contributed by atoms with van der Waals surface area (Å²) in [6.45, 7) is 7.94. The van der Waals surface area contributed by atoms with Crippen LogP contribution < -0.4 is 0 Å². The van der Waals surface area contributed by atoms with Crippen LogP contribution in [0.4, 0.5) is 0 Å². The minimum Gasteiger partial charge on any atom is -0.481 e. The topological polar surface area (TPSA) is 40.5 Å². The van der Waals surface area contributed by atoms with Crippen molar-refractivity contribution in [2.75, 3.05) is 13.1 Å². The monoisotopic (exact) mass is 241 g/mol. The van der Waals surface area contributed by atoms with Crippen LogP contribution in [0.5, 0.6) is 0 Å². The molecular formula is C14H27NO2. The number of carboxylic acids is 1. The van der Waals surface area contributed by atoms with Crippen molar-refractivity contribution < 1.29 is 9.90 Å². The van der Waals surface area contributed by atoms with Gasteiger partial charge in [0.15, 0.2) is 0 Å². The molecular weight excluding hydrogens is 214 g/mol. The van der Waals surface area contributed by atoms with Crippen molar-refractivity contribution in [2.45, 2.75) is 65.3 Å². The van der Waals surface area contributed by atoms with Gasteiger partial charge in [-0.05, 0) is 39.2 Å². The zero-order chi connectivity index (χ0) is 12.9. The van der Waals surface area contributed by atoms with E-state index in [9.17, 15) is 9.90 Å². The summed E-state index contributed by atoms with van der Waals surface area (Å²) in [4.78, 5) is 13.8. The van der Waals surface area contributed by atoms with Gasteiger partial charge in [-0.3, -0.25) is 9.69 Å². The first-order valence-corrected chi connectivity index (χ1v) is 7.01. The number of carbonyl (C=O) groups is 1. The Labute approximate surface area is 105 Å². The van der Waals surface area contributed by atoms with Crippen LogP contribution in [0.2, 0.25) is 0 Å². The lowest BCUT2D eigenvalue weighted by atomic mass is 9.85. The van der Waals surface area contributed by atoms with E-state index >= 15 is 0 Å². The Morgan fingerprint density at radius 2 is 2.00 bits per heavy atom. The molecule has 0 spiro atoms. The van der Waals surface area contributed by atoms with Gasteiger partial charge >= 0.3 is 5.97 Å². The predicted octanol–water partition coefficient (Wildman–Crippen LogP) is 3.14. The maximum Gasteiger partial charge on any atom is 0.310 e. The van der Waals surface area contributed by atoms with Crippen LogP contribution in [0.25, 0.3) is 0 Å².